The topological polar surface area (TPSA) is 30.9 Å². The first-order chi connectivity index (χ1) is 7.63. The third-order valence-corrected chi connectivity index (χ3v) is 3.24. The highest BCUT2D eigenvalue weighted by molar-refractivity contribution is 5.82. The van der Waals surface area contributed by atoms with E-state index in [2.05, 4.69) is 49.7 Å². The molecule has 0 saturated carbocycles. The molecule has 0 aliphatic heterocycles. The van der Waals surface area contributed by atoms with E-state index in [0.717, 1.165) is 6.42 Å². The van der Waals surface area contributed by atoms with Crippen LogP contribution in [0.3, 0.4) is 0 Å². The van der Waals surface area contributed by atoms with Gasteiger partial charge in [0.25, 0.3) is 0 Å². The molecule has 0 spiro atoms. The second kappa shape index (κ2) is 4.30. The van der Waals surface area contributed by atoms with Crippen LogP contribution in [0, 0.1) is 0 Å². The van der Waals surface area contributed by atoms with Crippen molar-refractivity contribution in [1.82, 2.24) is 4.57 Å². The van der Waals surface area contributed by atoms with E-state index in [9.17, 15) is 0 Å². The van der Waals surface area contributed by atoms with Crippen LogP contribution in [0.15, 0.2) is 24.3 Å². The van der Waals surface area contributed by atoms with E-state index in [1.807, 2.05) is 0 Å². The number of aryl methyl sites for hydroxylation is 1. The van der Waals surface area contributed by atoms with Gasteiger partial charge in [0, 0.05) is 18.3 Å². The minimum absolute atomic E-state index is 0.581. The van der Waals surface area contributed by atoms with Gasteiger partial charge >= 0.3 is 0 Å². The van der Waals surface area contributed by atoms with Gasteiger partial charge in [-0.05, 0) is 42.0 Å². The summed E-state index contributed by atoms with van der Waals surface area (Å²) in [5, 5.41) is 1.32. The molecule has 2 N–H and O–H groups in total. The summed E-state index contributed by atoms with van der Waals surface area (Å²) in [7, 11) is 2.12. The summed E-state index contributed by atoms with van der Waals surface area (Å²) in [6, 6.07) is 8.97. The summed E-state index contributed by atoms with van der Waals surface area (Å²) in [6.07, 6.45) is 0.947. The number of rotatable bonds is 3. The van der Waals surface area contributed by atoms with Crippen LogP contribution in [0.4, 0.5) is 0 Å². The van der Waals surface area contributed by atoms with Crippen LogP contribution in [0.2, 0.25) is 0 Å². The molecule has 0 unspecified atom stereocenters. The average molecular weight is 216 g/mol. The van der Waals surface area contributed by atoms with Crippen LogP contribution in [-0.2, 0) is 13.5 Å². The number of fused-ring (bicyclic) bond motifs is 1. The molecule has 0 fully saturated rings. The minimum Gasteiger partial charge on any atom is -0.348 e. The monoisotopic (exact) mass is 216 g/mol. The number of aromatic nitrogens is 1. The number of hydrogen-bond acceptors (Lipinski definition) is 1. The molecule has 0 amide bonds. The third kappa shape index (κ3) is 1.85. The number of hydrogen-bond donors (Lipinski definition) is 1. The lowest BCUT2D eigenvalue weighted by molar-refractivity contribution is 0.824. The molecular formula is C14H20N2. The predicted molar refractivity (Wildman–Crippen MR) is 69.8 cm³/mol. The standard InChI is InChI=1S/C14H20N2/c1-10(2)11-4-5-12-8-13(6-7-15)16(3)14(12)9-11/h4-5,8-10H,6-7,15H2,1-3H3. The van der Waals surface area contributed by atoms with Gasteiger partial charge in [0.05, 0.1) is 0 Å². The zero-order valence-corrected chi connectivity index (χ0v) is 10.3. The summed E-state index contributed by atoms with van der Waals surface area (Å²) in [6.45, 7) is 5.16. The van der Waals surface area contributed by atoms with Crippen molar-refractivity contribution in [2.75, 3.05) is 6.54 Å². The highest BCUT2D eigenvalue weighted by Crippen LogP contribution is 2.24. The maximum absolute atomic E-state index is 5.62. The van der Waals surface area contributed by atoms with Crippen LogP contribution < -0.4 is 5.73 Å². The lowest BCUT2D eigenvalue weighted by Crippen LogP contribution is -2.06. The van der Waals surface area contributed by atoms with Crippen molar-refractivity contribution in [3.8, 4) is 0 Å². The molecule has 2 aromatic rings. The summed E-state index contributed by atoms with van der Waals surface area (Å²) in [5.41, 5.74) is 9.64. The summed E-state index contributed by atoms with van der Waals surface area (Å²) in [4.78, 5) is 0. The van der Waals surface area contributed by atoms with Crippen molar-refractivity contribution in [2.45, 2.75) is 26.2 Å². The first-order valence-electron chi connectivity index (χ1n) is 5.91. The normalized spacial score (nSPS) is 11.6. The molecule has 0 radical (unpaired) electrons. The van der Waals surface area contributed by atoms with Gasteiger partial charge in [-0.15, -0.1) is 0 Å². The van der Waals surface area contributed by atoms with Crippen molar-refractivity contribution < 1.29 is 0 Å². The molecule has 0 atom stereocenters. The molecule has 16 heavy (non-hydrogen) atoms. The Morgan fingerprint density at radius 2 is 2.00 bits per heavy atom. The average Bonchev–Trinajstić information content (AvgIpc) is 2.56. The lowest BCUT2D eigenvalue weighted by atomic mass is 10.0. The van der Waals surface area contributed by atoms with E-state index in [1.54, 1.807) is 0 Å². The van der Waals surface area contributed by atoms with Crippen molar-refractivity contribution in [3.63, 3.8) is 0 Å². The molecule has 2 heteroatoms. The smallest absolute Gasteiger partial charge is 0.0482 e. The minimum atomic E-state index is 0.581. The van der Waals surface area contributed by atoms with Crippen LogP contribution >= 0.6 is 0 Å². The Morgan fingerprint density at radius 1 is 1.25 bits per heavy atom. The lowest BCUT2D eigenvalue weighted by Gasteiger charge is -2.07. The highest BCUT2D eigenvalue weighted by Gasteiger charge is 2.07. The fraction of sp³-hybridized carbons (Fsp3) is 0.429. The van der Waals surface area contributed by atoms with Crippen molar-refractivity contribution >= 4 is 10.9 Å². The maximum Gasteiger partial charge on any atom is 0.0482 e. The predicted octanol–water partition coefficient (Wildman–Crippen LogP) is 2.80. The molecule has 86 valence electrons. The van der Waals surface area contributed by atoms with E-state index >= 15 is 0 Å². The Balaban J connectivity index is 2.55. The zero-order chi connectivity index (χ0) is 11.7. The molecule has 0 bridgehead atoms. The Bertz CT molecular complexity index is 495. The fourth-order valence-electron chi connectivity index (χ4n) is 2.15. The molecule has 0 saturated heterocycles. The molecular weight excluding hydrogens is 196 g/mol. The Labute approximate surface area is 97.1 Å². The van der Waals surface area contributed by atoms with Crippen LogP contribution in [0.1, 0.15) is 31.0 Å². The first kappa shape index (κ1) is 11.2. The van der Waals surface area contributed by atoms with Crippen molar-refractivity contribution in [2.24, 2.45) is 12.8 Å². The van der Waals surface area contributed by atoms with Gasteiger partial charge in [0.2, 0.25) is 0 Å². The van der Waals surface area contributed by atoms with Gasteiger partial charge < -0.3 is 10.3 Å². The van der Waals surface area contributed by atoms with Gasteiger partial charge in [-0.3, -0.25) is 0 Å². The van der Waals surface area contributed by atoms with Gasteiger partial charge in [0.15, 0.2) is 0 Å². The van der Waals surface area contributed by atoms with Gasteiger partial charge in [-0.2, -0.15) is 0 Å². The molecule has 0 aliphatic carbocycles. The second-order valence-corrected chi connectivity index (χ2v) is 4.71. The third-order valence-electron chi connectivity index (χ3n) is 3.24. The van der Waals surface area contributed by atoms with E-state index in [0.29, 0.717) is 12.5 Å². The molecule has 0 aliphatic rings. The maximum atomic E-state index is 5.62. The number of nitrogens with two attached hydrogens (primary N) is 1. The van der Waals surface area contributed by atoms with Crippen molar-refractivity contribution in [1.29, 1.82) is 0 Å². The van der Waals surface area contributed by atoms with Gasteiger partial charge in [-0.1, -0.05) is 26.0 Å². The molecule has 1 heterocycles. The largest absolute Gasteiger partial charge is 0.348 e. The number of nitrogens with zero attached hydrogens (tertiary/aromatic N) is 1. The second-order valence-electron chi connectivity index (χ2n) is 4.71. The van der Waals surface area contributed by atoms with E-state index < -0.39 is 0 Å². The molecule has 1 aromatic carbocycles. The summed E-state index contributed by atoms with van der Waals surface area (Å²) < 4.78 is 2.26. The SMILES string of the molecule is CC(C)c1ccc2cc(CCN)n(C)c2c1. The van der Waals surface area contributed by atoms with E-state index in [1.165, 1.54) is 22.2 Å². The van der Waals surface area contributed by atoms with E-state index in [-0.39, 0.29) is 0 Å². The Morgan fingerprint density at radius 3 is 2.62 bits per heavy atom. The summed E-state index contributed by atoms with van der Waals surface area (Å²) in [5.74, 6) is 0.581. The summed E-state index contributed by atoms with van der Waals surface area (Å²) >= 11 is 0. The Kier molecular flexibility index (Phi) is 3.01. The van der Waals surface area contributed by atoms with Crippen LogP contribution in [0.25, 0.3) is 10.9 Å². The number of benzene rings is 1. The zero-order valence-electron chi connectivity index (χ0n) is 10.3. The first-order valence-corrected chi connectivity index (χ1v) is 5.91. The Hall–Kier alpha value is -1.28. The van der Waals surface area contributed by atoms with E-state index in [4.69, 9.17) is 5.73 Å². The van der Waals surface area contributed by atoms with Gasteiger partial charge in [-0.25, -0.2) is 0 Å². The molecule has 2 rings (SSSR count). The molecule has 2 nitrogen and oxygen atoms in total. The fourth-order valence-corrected chi connectivity index (χ4v) is 2.15. The van der Waals surface area contributed by atoms with Gasteiger partial charge in [0.1, 0.15) is 0 Å². The van der Waals surface area contributed by atoms with Crippen molar-refractivity contribution in [3.05, 3.63) is 35.5 Å². The van der Waals surface area contributed by atoms with Crippen LogP contribution in [-0.4, -0.2) is 11.1 Å². The quantitative estimate of drug-likeness (QED) is 0.840. The highest BCUT2D eigenvalue weighted by atomic mass is 14.9. The van der Waals surface area contributed by atoms with Crippen LogP contribution in [0.5, 0.6) is 0 Å². The molecule has 1 aromatic heterocycles.